The van der Waals surface area contributed by atoms with E-state index in [9.17, 15) is 0 Å². The lowest BCUT2D eigenvalue weighted by Crippen LogP contribution is -2.22. The Balaban J connectivity index is 1.72. The third kappa shape index (κ3) is 2.69. The quantitative estimate of drug-likeness (QED) is 0.510. The zero-order chi connectivity index (χ0) is 17.5. The molecular formula is C20H18ClN5. The van der Waals surface area contributed by atoms with E-state index in [4.69, 9.17) is 16.6 Å². The van der Waals surface area contributed by atoms with Gasteiger partial charge in [0.05, 0.1) is 27.8 Å². The first-order chi connectivity index (χ1) is 12.8. The summed E-state index contributed by atoms with van der Waals surface area (Å²) in [6, 6.07) is 14.2. The second-order valence-electron chi connectivity index (χ2n) is 6.64. The third-order valence-corrected chi connectivity index (χ3v) is 5.12. The van der Waals surface area contributed by atoms with E-state index in [0.29, 0.717) is 11.1 Å². The molecule has 26 heavy (non-hydrogen) atoms. The van der Waals surface area contributed by atoms with Crippen LogP contribution in [0.1, 0.15) is 6.42 Å². The number of aromatic nitrogens is 3. The summed E-state index contributed by atoms with van der Waals surface area (Å²) in [7, 11) is 0. The predicted molar refractivity (Wildman–Crippen MR) is 107 cm³/mol. The molecule has 0 amide bonds. The van der Waals surface area contributed by atoms with Crippen molar-refractivity contribution in [2.45, 2.75) is 12.5 Å². The molecule has 0 unspecified atom stereocenters. The Labute approximate surface area is 155 Å². The Morgan fingerprint density at radius 2 is 2.04 bits per heavy atom. The Hall–Kier alpha value is -2.63. The SMILES string of the molecule is Clc1ccc2ncc(-c3nc4ccccc4[nH]3)c(N[C@H]3CCNC3)c2c1. The number of benzene rings is 2. The standard InChI is InChI=1S/C20H18ClN5/c21-12-5-6-16-14(9-12)19(24-13-7-8-22-10-13)15(11-23-16)20-25-17-3-1-2-4-18(17)26-20/h1-6,9,11,13,22H,7-8,10H2,(H,23,24)(H,25,26)/t13-/m0/s1. The number of nitrogens with zero attached hydrogens (tertiary/aromatic N) is 2. The van der Waals surface area contributed by atoms with Crippen molar-refractivity contribution >= 4 is 39.2 Å². The second kappa shape index (κ2) is 6.27. The molecule has 0 saturated carbocycles. The molecule has 5 nitrogen and oxygen atoms in total. The first kappa shape index (κ1) is 15.6. The van der Waals surface area contributed by atoms with Crippen LogP contribution >= 0.6 is 11.6 Å². The number of imidazole rings is 1. The number of aromatic amines is 1. The number of hydrogen-bond acceptors (Lipinski definition) is 4. The fourth-order valence-electron chi connectivity index (χ4n) is 3.56. The van der Waals surface area contributed by atoms with Crippen molar-refractivity contribution in [1.82, 2.24) is 20.3 Å². The first-order valence-corrected chi connectivity index (χ1v) is 9.16. The number of anilines is 1. The van der Waals surface area contributed by atoms with Gasteiger partial charge in [0.1, 0.15) is 5.82 Å². The van der Waals surface area contributed by atoms with Gasteiger partial charge in [-0.25, -0.2) is 4.98 Å². The van der Waals surface area contributed by atoms with Crippen molar-refractivity contribution in [2.24, 2.45) is 0 Å². The van der Waals surface area contributed by atoms with Gasteiger partial charge in [-0.15, -0.1) is 0 Å². The van der Waals surface area contributed by atoms with E-state index in [1.807, 2.05) is 48.7 Å². The van der Waals surface area contributed by atoms with E-state index in [0.717, 1.165) is 58.5 Å². The molecule has 3 N–H and O–H groups in total. The number of halogens is 1. The molecule has 5 rings (SSSR count). The zero-order valence-corrected chi connectivity index (χ0v) is 14.8. The van der Waals surface area contributed by atoms with Crippen molar-refractivity contribution in [1.29, 1.82) is 0 Å². The van der Waals surface area contributed by atoms with E-state index < -0.39 is 0 Å². The van der Waals surface area contributed by atoms with Gasteiger partial charge in [-0.05, 0) is 43.3 Å². The summed E-state index contributed by atoms with van der Waals surface area (Å²) in [6.07, 6.45) is 2.97. The Morgan fingerprint density at radius 3 is 2.88 bits per heavy atom. The molecule has 1 atom stereocenters. The van der Waals surface area contributed by atoms with Gasteiger partial charge in [-0.2, -0.15) is 0 Å². The minimum atomic E-state index is 0.378. The van der Waals surface area contributed by atoms with E-state index in [2.05, 4.69) is 20.6 Å². The fourth-order valence-corrected chi connectivity index (χ4v) is 3.73. The summed E-state index contributed by atoms with van der Waals surface area (Å²) in [5.74, 6) is 0.814. The minimum absolute atomic E-state index is 0.378. The number of fused-ring (bicyclic) bond motifs is 2. The molecule has 2 aromatic heterocycles. The van der Waals surface area contributed by atoms with Gasteiger partial charge in [-0.3, -0.25) is 4.98 Å². The summed E-state index contributed by atoms with van der Waals surface area (Å²) in [5.41, 5.74) is 4.88. The van der Waals surface area contributed by atoms with Crippen LogP contribution in [-0.4, -0.2) is 34.1 Å². The first-order valence-electron chi connectivity index (χ1n) is 8.78. The van der Waals surface area contributed by atoms with Crippen LogP contribution in [0.2, 0.25) is 5.02 Å². The van der Waals surface area contributed by atoms with Crippen LogP contribution in [0.15, 0.2) is 48.7 Å². The number of rotatable bonds is 3. The average Bonchev–Trinajstić information content (AvgIpc) is 3.31. The normalized spacial score (nSPS) is 17.2. The van der Waals surface area contributed by atoms with Crippen molar-refractivity contribution in [3.8, 4) is 11.4 Å². The Morgan fingerprint density at radius 1 is 1.12 bits per heavy atom. The highest BCUT2D eigenvalue weighted by Crippen LogP contribution is 2.35. The van der Waals surface area contributed by atoms with Gasteiger partial charge in [-0.1, -0.05) is 23.7 Å². The molecule has 1 aliphatic rings. The van der Waals surface area contributed by atoms with Crippen LogP contribution in [0.4, 0.5) is 5.69 Å². The minimum Gasteiger partial charge on any atom is -0.380 e. The van der Waals surface area contributed by atoms with Gasteiger partial charge in [0.25, 0.3) is 0 Å². The molecular weight excluding hydrogens is 346 g/mol. The third-order valence-electron chi connectivity index (χ3n) is 4.88. The number of pyridine rings is 1. The molecule has 3 heterocycles. The molecule has 0 bridgehead atoms. The number of para-hydroxylation sites is 2. The highest BCUT2D eigenvalue weighted by molar-refractivity contribution is 6.31. The molecule has 0 spiro atoms. The highest BCUT2D eigenvalue weighted by atomic mass is 35.5. The van der Waals surface area contributed by atoms with Crippen molar-refractivity contribution in [2.75, 3.05) is 18.4 Å². The van der Waals surface area contributed by atoms with Crippen molar-refractivity contribution in [3.63, 3.8) is 0 Å². The largest absolute Gasteiger partial charge is 0.380 e. The summed E-state index contributed by atoms with van der Waals surface area (Å²) in [4.78, 5) is 12.8. The summed E-state index contributed by atoms with van der Waals surface area (Å²) in [5, 5.41) is 8.83. The summed E-state index contributed by atoms with van der Waals surface area (Å²) >= 11 is 6.28. The Kier molecular flexibility index (Phi) is 3.76. The van der Waals surface area contributed by atoms with Crippen LogP contribution in [-0.2, 0) is 0 Å². The van der Waals surface area contributed by atoms with Crippen LogP contribution in [0.3, 0.4) is 0 Å². The lowest BCUT2D eigenvalue weighted by atomic mass is 10.1. The second-order valence-corrected chi connectivity index (χ2v) is 7.08. The van der Waals surface area contributed by atoms with Gasteiger partial charge < -0.3 is 15.6 Å². The molecule has 0 radical (unpaired) electrons. The van der Waals surface area contributed by atoms with Gasteiger partial charge in [0.2, 0.25) is 0 Å². The monoisotopic (exact) mass is 363 g/mol. The highest BCUT2D eigenvalue weighted by Gasteiger charge is 2.20. The lowest BCUT2D eigenvalue weighted by Gasteiger charge is -2.18. The molecule has 1 fully saturated rings. The maximum Gasteiger partial charge on any atom is 0.142 e. The van der Waals surface area contributed by atoms with Crippen LogP contribution in [0.5, 0.6) is 0 Å². The number of nitrogens with one attached hydrogen (secondary N) is 3. The van der Waals surface area contributed by atoms with Gasteiger partial charge in [0, 0.05) is 29.2 Å². The van der Waals surface area contributed by atoms with Crippen LogP contribution in [0.25, 0.3) is 33.3 Å². The topological polar surface area (TPSA) is 65.6 Å². The molecule has 130 valence electrons. The fraction of sp³-hybridized carbons (Fsp3) is 0.200. The Bertz CT molecular complexity index is 1060. The predicted octanol–water partition coefficient (Wildman–Crippen LogP) is 4.21. The molecule has 1 saturated heterocycles. The van der Waals surface area contributed by atoms with E-state index >= 15 is 0 Å². The molecule has 0 aliphatic carbocycles. The molecule has 6 heteroatoms. The van der Waals surface area contributed by atoms with Gasteiger partial charge >= 0.3 is 0 Å². The number of H-pyrrole nitrogens is 1. The van der Waals surface area contributed by atoms with E-state index in [1.54, 1.807) is 0 Å². The summed E-state index contributed by atoms with van der Waals surface area (Å²) < 4.78 is 0. The van der Waals surface area contributed by atoms with Crippen molar-refractivity contribution < 1.29 is 0 Å². The molecule has 4 aromatic rings. The van der Waals surface area contributed by atoms with Crippen LogP contribution < -0.4 is 10.6 Å². The maximum atomic E-state index is 6.28. The van der Waals surface area contributed by atoms with Crippen molar-refractivity contribution in [3.05, 3.63) is 53.7 Å². The molecule has 1 aliphatic heterocycles. The molecule has 2 aromatic carbocycles. The lowest BCUT2D eigenvalue weighted by molar-refractivity contribution is 0.794. The zero-order valence-electron chi connectivity index (χ0n) is 14.1. The van der Waals surface area contributed by atoms with E-state index in [-0.39, 0.29) is 0 Å². The van der Waals surface area contributed by atoms with Gasteiger partial charge in [0.15, 0.2) is 0 Å². The number of hydrogen-bond donors (Lipinski definition) is 3. The smallest absolute Gasteiger partial charge is 0.142 e. The van der Waals surface area contributed by atoms with Crippen LogP contribution in [0, 0.1) is 0 Å². The summed E-state index contributed by atoms with van der Waals surface area (Å²) in [6.45, 7) is 1.98. The maximum absolute atomic E-state index is 6.28. The average molecular weight is 364 g/mol. The van der Waals surface area contributed by atoms with E-state index in [1.165, 1.54) is 0 Å².